The van der Waals surface area contributed by atoms with Crippen molar-refractivity contribution in [3.8, 4) is 11.1 Å². The average molecular weight is 367 g/mol. The van der Waals surface area contributed by atoms with Crippen molar-refractivity contribution in [3.05, 3.63) is 59.2 Å². The molecule has 0 amide bonds. The summed E-state index contributed by atoms with van der Waals surface area (Å²) in [6.45, 7) is 2.34. The van der Waals surface area contributed by atoms with Crippen LogP contribution in [-0.4, -0.2) is 23.2 Å². The van der Waals surface area contributed by atoms with Crippen LogP contribution in [0.4, 0.5) is 13.2 Å². The lowest BCUT2D eigenvalue weighted by Gasteiger charge is -2.08. The van der Waals surface area contributed by atoms with Crippen LogP contribution in [0.15, 0.2) is 42.5 Å². The highest BCUT2D eigenvalue weighted by Gasteiger charge is 2.38. The van der Waals surface area contributed by atoms with Crippen molar-refractivity contribution in [1.82, 2.24) is 0 Å². The maximum Gasteiger partial charge on any atom is 0.490 e. The summed E-state index contributed by atoms with van der Waals surface area (Å²) in [6.07, 6.45) is -5.08. The molecule has 26 heavy (non-hydrogen) atoms. The standard InChI is InChI=1S/C16H15NO2.C2HF3O2/c1-10(17)11-2-4-12(5-3-11)13-6-7-15-14(8-13)9-19-16(15)18;3-2(4,5)1(6)7/h2-8,10H,9,17H2,1H3;(H,6,7)/t10-;/m1./s1. The van der Waals surface area contributed by atoms with E-state index in [0.29, 0.717) is 12.2 Å². The van der Waals surface area contributed by atoms with E-state index in [0.717, 1.165) is 22.3 Å². The van der Waals surface area contributed by atoms with Crippen LogP contribution in [-0.2, 0) is 16.1 Å². The van der Waals surface area contributed by atoms with Crippen LogP contribution in [0, 0.1) is 0 Å². The Labute approximate surface area is 147 Å². The smallest absolute Gasteiger partial charge is 0.475 e. The van der Waals surface area contributed by atoms with Crippen LogP contribution in [0.1, 0.15) is 34.5 Å². The first kappa shape index (κ1) is 19.5. The summed E-state index contributed by atoms with van der Waals surface area (Å²) < 4.78 is 36.7. The minimum atomic E-state index is -5.08. The lowest BCUT2D eigenvalue weighted by atomic mass is 9.98. The molecule has 2 aromatic carbocycles. The van der Waals surface area contributed by atoms with Gasteiger partial charge in [0.1, 0.15) is 6.61 Å². The van der Waals surface area contributed by atoms with E-state index in [1.165, 1.54) is 0 Å². The second-order valence-electron chi connectivity index (χ2n) is 5.66. The number of carboxylic acids is 1. The van der Waals surface area contributed by atoms with E-state index in [-0.39, 0.29) is 12.0 Å². The monoisotopic (exact) mass is 367 g/mol. The quantitative estimate of drug-likeness (QED) is 0.791. The van der Waals surface area contributed by atoms with Gasteiger partial charge in [-0.05, 0) is 35.7 Å². The molecule has 0 aliphatic carbocycles. The number of hydrogen-bond acceptors (Lipinski definition) is 4. The van der Waals surface area contributed by atoms with Gasteiger partial charge in [-0.1, -0.05) is 30.3 Å². The number of carbonyl (C=O) groups is 2. The molecule has 3 rings (SSSR count). The average Bonchev–Trinajstić information content (AvgIpc) is 2.95. The van der Waals surface area contributed by atoms with Gasteiger partial charge in [-0.3, -0.25) is 0 Å². The minimum Gasteiger partial charge on any atom is -0.475 e. The first-order valence-electron chi connectivity index (χ1n) is 7.55. The lowest BCUT2D eigenvalue weighted by Crippen LogP contribution is -2.21. The van der Waals surface area contributed by atoms with E-state index >= 15 is 0 Å². The SMILES string of the molecule is C[C@@H](N)c1ccc(-c2ccc3c(c2)COC3=O)cc1.O=C(O)C(F)(F)F. The highest BCUT2D eigenvalue weighted by molar-refractivity contribution is 5.94. The predicted molar refractivity (Wildman–Crippen MR) is 87.3 cm³/mol. The Balaban J connectivity index is 0.000000298. The summed E-state index contributed by atoms with van der Waals surface area (Å²) in [5.74, 6) is -2.98. The zero-order valence-electron chi connectivity index (χ0n) is 13.7. The molecule has 2 aromatic rings. The summed E-state index contributed by atoms with van der Waals surface area (Å²) in [5.41, 5.74) is 10.8. The largest absolute Gasteiger partial charge is 0.490 e. The topological polar surface area (TPSA) is 89.6 Å². The van der Waals surface area contributed by atoms with Crippen molar-refractivity contribution in [2.75, 3.05) is 0 Å². The fraction of sp³-hybridized carbons (Fsp3) is 0.222. The van der Waals surface area contributed by atoms with Crippen molar-refractivity contribution >= 4 is 11.9 Å². The molecule has 1 heterocycles. The zero-order valence-corrected chi connectivity index (χ0v) is 13.7. The Morgan fingerprint density at radius 3 is 2.19 bits per heavy atom. The van der Waals surface area contributed by atoms with E-state index in [4.69, 9.17) is 20.4 Å². The van der Waals surface area contributed by atoms with Gasteiger partial charge in [0.05, 0.1) is 5.56 Å². The van der Waals surface area contributed by atoms with Gasteiger partial charge in [-0.2, -0.15) is 13.2 Å². The third-order valence-electron chi connectivity index (χ3n) is 3.70. The van der Waals surface area contributed by atoms with E-state index in [2.05, 4.69) is 12.1 Å². The molecule has 0 saturated carbocycles. The number of rotatable bonds is 2. The fourth-order valence-electron chi connectivity index (χ4n) is 2.29. The Bertz CT molecular complexity index is 814. The maximum atomic E-state index is 11.4. The lowest BCUT2D eigenvalue weighted by molar-refractivity contribution is -0.192. The van der Waals surface area contributed by atoms with Crippen LogP contribution >= 0.6 is 0 Å². The number of hydrogen-bond donors (Lipinski definition) is 2. The number of carbonyl (C=O) groups excluding carboxylic acids is 1. The predicted octanol–water partition coefficient (Wildman–Crippen LogP) is 3.68. The number of fused-ring (bicyclic) bond motifs is 1. The van der Waals surface area contributed by atoms with E-state index < -0.39 is 12.1 Å². The van der Waals surface area contributed by atoms with Crippen LogP contribution in [0.25, 0.3) is 11.1 Å². The van der Waals surface area contributed by atoms with Gasteiger partial charge in [-0.25, -0.2) is 9.59 Å². The van der Waals surface area contributed by atoms with Crippen molar-refractivity contribution in [3.63, 3.8) is 0 Å². The maximum absolute atomic E-state index is 11.4. The molecule has 1 atom stereocenters. The van der Waals surface area contributed by atoms with Crippen LogP contribution in [0.5, 0.6) is 0 Å². The zero-order chi connectivity index (χ0) is 19.5. The number of ether oxygens (including phenoxy) is 1. The summed E-state index contributed by atoms with van der Waals surface area (Å²) >= 11 is 0. The summed E-state index contributed by atoms with van der Waals surface area (Å²) in [4.78, 5) is 20.3. The molecule has 1 aliphatic rings. The molecule has 5 nitrogen and oxygen atoms in total. The first-order valence-corrected chi connectivity index (χ1v) is 7.55. The molecule has 0 saturated heterocycles. The second-order valence-corrected chi connectivity index (χ2v) is 5.66. The molecule has 0 bridgehead atoms. The van der Waals surface area contributed by atoms with Crippen molar-refractivity contribution in [2.45, 2.75) is 25.7 Å². The molecule has 3 N–H and O–H groups in total. The molecule has 8 heteroatoms. The van der Waals surface area contributed by atoms with Gasteiger partial charge in [0.25, 0.3) is 0 Å². The number of nitrogens with two attached hydrogens (primary N) is 1. The van der Waals surface area contributed by atoms with Crippen LogP contribution in [0.3, 0.4) is 0 Å². The second kappa shape index (κ2) is 7.57. The summed E-state index contributed by atoms with van der Waals surface area (Å²) in [5, 5.41) is 7.12. The van der Waals surface area contributed by atoms with Crippen LogP contribution in [0.2, 0.25) is 0 Å². The third kappa shape index (κ3) is 4.60. The molecule has 0 radical (unpaired) electrons. The number of carboxylic acid groups (broad SMARTS) is 1. The van der Waals surface area contributed by atoms with Gasteiger partial charge in [0.2, 0.25) is 0 Å². The molecular formula is C18H16F3NO4. The van der Waals surface area contributed by atoms with E-state index in [1.54, 1.807) is 0 Å². The number of cyclic esters (lactones) is 1. The number of esters is 1. The molecule has 138 valence electrons. The summed E-state index contributed by atoms with van der Waals surface area (Å²) in [7, 11) is 0. The van der Waals surface area contributed by atoms with Crippen molar-refractivity contribution in [1.29, 1.82) is 0 Å². The molecule has 0 aromatic heterocycles. The number of aliphatic carboxylic acids is 1. The first-order chi connectivity index (χ1) is 12.1. The van der Waals surface area contributed by atoms with Gasteiger partial charge < -0.3 is 15.6 Å². The van der Waals surface area contributed by atoms with E-state index in [1.807, 2.05) is 37.3 Å². The minimum absolute atomic E-state index is 0.0418. The summed E-state index contributed by atoms with van der Waals surface area (Å²) in [6, 6.07) is 14.0. The fourth-order valence-corrected chi connectivity index (χ4v) is 2.29. The van der Waals surface area contributed by atoms with E-state index in [9.17, 15) is 18.0 Å². The van der Waals surface area contributed by atoms with Gasteiger partial charge in [0.15, 0.2) is 0 Å². The van der Waals surface area contributed by atoms with Crippen molar-refractivity contribution < 1.29 is 32.6 Å². The highest BCUT2D eigenvalue weighted by atomic mass is 19.4. The molecular weight excluding hydrogens is 351 g/mol. The Kier molecular flexibility index (Phi) is 5.66. The normalized spacial score (nSPS) is 14.0. The van der Waals surface area contributed by atoms with Gasteiger partial charge in [0, 0.05) is 11.6 Å². The Morgan fingerprint density at radius 2 is 1.69 bits per heavy atom. The van der Waals surface area contributed by atoms with Crippen molar-refractivity contribution in [2.24, 2.45) is 5.73 Å². The highest BCUT2D eigenvalue weighted by Crippen LogP contribution is 2.27. The molecule has 1 aliphatic heterocycles. The van der Waals surface area contributed by atoms with Gasteiger partial charge >= 0.3 is 18.1 Å². The molecule has 0 fully saturated rings. The Morgan fingerprint density at radius 1 is 1.15 bits per heavy atom. The number of benzene rings is 2. The molecule has 0 unspecified atom stereocenters. The molecule has 0 spiro atoms. The van der Waals surface area contributed by atoms with Crippen LogP contribution < -0.4 is 5.73 Å². The van der Waals surface area contributed by atoms with Gasteiger partial charge in [-0.15, -0.1) is 0 Å². The number of alkyl halides is 3. The Hall–Kier alpha value is -2.87. The number of halogens is 3. The third-order valence-corrected chi connectivity index (χ3v) is 3.70.